The van der Waals surface area contributed by atoms with Crippen molar-refractivity contribution in [3.05, 3.63) is 29.8 Å². The standard InChI is InChI=1S/C13H19NO4S/c1-2-18-9-10-19(16,17)14-8-7-13(15)11-5-3-4-6-12(11)14/h3-6,13,15H,2,7-10H2,1H3. The number of hydrogen-bond acceptors (Lipinski definition) is 4. The van der Waals surface area contributed by atoms with E-state index in [1.807, 2.05) is 6.92 Å². The third kappa shape index (κ3) is 3.08. The topological polar surface area (TPSA) is 66.8 Å². The highest BCUT2D eigenvalue weighted by Crippen LogP contribution is 2.35. The molecule has 0 fully saturated rings. The Morgan fingerprint density at radius 1 is 1.42 bits per heavy atom. The predicted molar refractivity (Wildman–Crippen MR) is 73.6 cm³/mol. The molecule has 1 aromatic carbocycles. The molecule has 0 aliphatic carbocycles. The highest BCUT2D eigenvalue weighted by atomic mass is 32.2. The summed E-state index contributed by atoms with van der Waals surface area (Å²) in [5.41, 5.74) is 1.26. The molecule has 0 spiro atoms. The van der Waals surface area contributed by atoms with E-state index >= 15 is 0 Å². The van der Waals surface area contributed by atoms with E-state index in [2.05, 4.69) is 0 Å². The Morgan fingerprint density at radius 3 is 2.89 bits per heavy atom. The van der Waals surface area contributed by atoms with E-state index in [0.29, 0.717) is 30.8 Å². The predicted octanol–water partition coefficient (Wildman–Crippen LogP) is 1.30. The van der Waals surface area contributed by atoms with Gasteiger partial charge in [0.15, 0.2) is 0 Å². The quantitative estimate of drug-likeness (QED) is 0.828. The molecule has 1 unspecified atom stereocenters. The monoisotopic (exact) mass is 285 g/mol. The molecule has 1 heterocycles. The van der Waals surface area contributed by atoms with Crippen molar-refractivity contribution >= 4 is 15.7 Å². The van der Waals surface area contributed by atoms with Crippen LogP contribution in [-0.4, -0.2) is 39.0 Å². The number of fused-ring (bicyclic) bond motifs is 1. The van der Waals surface area contributed by atoms with Crippen LogP contribution >= 0.6 is 0 Å². The first-order chi connectivity index (χ1) is 9.06. The molecule has 19 heavy (non-hydrogen) atoms. The number of hydrogen-bond donors (Lipinski definition) is 1. The molecule has 1 N–H and O–H groups in total. The van der Waals surface area contributed by atoms with Crippen LogP contribution in [0, 0.1) is 0 Å². The molecule has 1 aliphatic heterocycles. The molecule has 0 aromatic heterocycles. The zero-order valence-corrected chi connectivity index (χ0v) is 11.8. The van der Waals surface area contributed by atoms with Crippen molar-refractivity contribution in [3.8, 4) is 0 Å². The Labute approximate surface area is 113 Å². The van der Waals surface area contributed by atoms with Crippen LogP contribution < -0.4 is 4.31 Å². The van der Waals surface area contributed by atoms with Crippen LogP contribution in [-0.2, 0) is 14.8 Å². The summed E-state index contributed by atoms with van der Waals surface area (Å²) in [5.74, 6) is -0.0364. The zero-order valence-electron chi connectivity index (χ0n) is 10.9. The van der Waals surface area contributed by atoms with Crippen LogP contribution in [0.2, 0.25) is 0 Å². The van der Waals surface area contributed by atoms with Gasteiger partial charge in [0.2, 0.25) is 10.0 Å². The Kier molecular flexibility index (Phi) is 4.44. The second kappa shape index (κ2) is 5.90. The van der Waals surface area contributed by atoms with E-state index in [9.17, 15) is 13.5 Å². The summed E-state index contributed by atoms with van der Waals surface area (Å²) in [6.07, 6.45) is -0.167. The van der Waals surface area contributed by atoms with Crippen molar-refractivity contribution in [2.45, 2.75) is 19.4 Å². The van der Waals surface area contributed by atoms with Gasteiger partial charge in [0, 0.05) is 18.7 Å². The fraction of sp³-hybridized carbons (Fsp3) is 0.538. The number of para-hydroxylation sites is 1. The first-order valence-corrected chi connectivity index (χ1v) is 8.02. The average Bonchev–Trinajstić information content (AvgIpc) is 2.39. The smallest absolute Gasteiger partial charge is 0.237 e. The third-order valence-electron chi connectivity index (χ3n) is 3.20. The van der Waals surface area contributed by atoms with E-state index in [1.165, 1.54) is 4.31 Å². The molecule has 5 nitrogen and oxygen atoms in total. The molecule has 6 heteroatoms. The van der Waals surface area contributed by atoms with Crippen LogP contribution in [0.5, 0.6) is 0 Å². The lowest BCUT2D eigenvalue weighted by Crippen LogP contribution is -2.39. The number of aliphatic hydroxyl groups excluding tert-OH is 1. The van der Waals surface area contributed by atoms with Gasteiger partial charge in [-0.3, -0.25) is 4.31 Å². The van der Waals surface area contributed by atoms with Crippen molar-refractivity contribution in [2.75, 3.05) is 29.8 Å². The highest BCUT2D eigenvalue weighted by molar-refractivity contribution is 7.92. The maximum atomic E-state index is 12.3. The number of nitrogens with zero attached hydrogens (tertiary/aromatic N) is 1. The van der Waals surface area contributed by atoms with Crippen molar-refractivity contribution in [2.24, 2.45) is 0 Å². The molecule has 1 aliphatic rings. The molecule has 0 saturated heterocycles. The summed E-state index contributed by atoms with van der Waals surface area (Å²) in [4.78, 5) is 0. The SMILES string of the molecule is CCOCCS(=O)(=O)N1CCC(O)c2ccccc21. The number of sulfonamides is 1. The minimum absolute atomic E-state index is 0.0364. The van der Waals surface area contributed by atoms with Gasteiger partial charge >= 0.3 is 0 Å². The van der Waals surface area contributed by atoms with Crippen molar-refractivity contribution in [3.63, 3.8) is 0 Å². The van der Waals surface area contributed by atoms with Crippen LogP contribution in [0.3, 0.4) is 0 Å². The lowest BCUT2D eigenvalue weighted by atomic mass is 10.0. The minimum Gasteiger partial charge on any atom is -0.388 e. The number of anilines is 1. The van der Waals surface area contributed by atoms with Crippen LogP contribution in [0.15, 0.2) is 24.3 Å². The summed E-state index contributed by atoms with van der Waals surface area (Å²) in [6.45, 7) is 2.84. The molecular formula is C13H19NO4S. The van der Waals surface area contributed by atoms with Gasteiger partial charge in [-0.15, -0.1) is 0 Å². The Bertz CT molecular complexity index is 529. The van der Waals surface area contributed by atoms with Crippen molar-refractivity contribution in [1.82, 2.24) is 0 Å². The van der Waals surface area contributed by atoms with E-state index in [-0.39, 0.29) is 12.4 Å². The fourth-order valence-electron chi connectivity index (χ4n) is 2.22. The second-order valence-electron chi connectivity index (χ2n) is 4.45. The van der Waals surface area contributed by atoms with E-state index in [0.717, 1.165) is 0 Å². The Morgan fingerprint density at radius 2 is 2.16 bits per heavy atom. The maximum absolute atomic E-state index is 12.3. The first-order valence-electron chi connectivity index (χ1n) is 6.41. The van der Waals surface area contributed by atoms with Gasteiger partial charge in [0.05, 0.1) is 24.2 Å². The van der Waals surface area contributed by atoms with Crippen molar-refractivity contribution in [1.29, 1.82) is 0 Å². The first kappa shape index (κ1) is 14.3. The Hall–Kier alpha value is -1.11. The molecule has 2 rings (SSSR count). The summed E-state index contributed by atoms with van der Waals surface area (Å²) >= 11 is 0. The Balaban J connectivity index is 2.24. The molecule has 0 radical (unpaired) electrons. The maximum Gasteiger partial charge on any atom is 0.237 e. The van der Waals surface area contributed by atoms with Gasteiger partial charge in [0.1, 0.15) is 0 Å². The van der Waals surface area contributed by atoms with Gasteiger partial charge < -0.3 is 9.84 Å². The minimum atomic E-state index is -3.40. The zero-order chi connectivity index (χ0) is 13.9. The van der Waals surface area contributed by atoms with Gasteiger partial charge in [-0.1, -0.05) is 18.2 Å². The summed E-state index contributed by atoms with van der Waals surface area (Å²) in [5, 5.41) is 9.91. The number of aliphatic hydroxyl groups is 1. The van der Waals surface area contributed by atoms with Gasteiger partial charge in [0.25, 0.3) is 0 Å². The van der Waals surface area contributed by atoms with Gasteiger partial charge in [-0.05, 0) is 19.4 Å². The van der Waals surface area contributed by atoms with Gasteiger partial charge in [-0.25, -0.2) is 8.42 Å². The molecule has 0 bridgehead atoms. The molecule has 106 valence electrons. The lowest BCUT2D eigenvalue weighted by molar-refractivity contribution is 0.162. The summed E-state index contributed by atoms with van der Waals surface area (Å²) in [7, 11) is -3.40. The molecular weight excluding hydrogens is 266 g/mol. The third-order valence-corrected chi connectivity index (χ3v) is 4.93. The molecule has 0 amide bonds. The molecule has 1 atom stereocenters. The summed E-state index contributed by atoms with van der Waals surface area (Å²) in [6, 6.07) is 7.08. The second-order valence-corrected chi connectivity index (χ2v) is 6.46. The lowest BCUT2D eigenvalue weighted by Gasteiger charge is -2.32. The van der Waals surface area contributed by atoms with Crippen molar-refractivity contribution < 1.29 is 18.3 Å². The molecule has 1 aromatic rings. The van der Waals surface area contributed by atoms with Crippen LogP contribution in [0.1, 0.15) is 25.0 Å². The largest absolute Gasteiger partial charge is 0.388 e. The number of ether oxygens (including phenoxy) is 1. The van der Waals surface area contributed by atoms with Gasteiger partial charge in [-0.2, -0.15) is 0 Å². The average molecular weight is 285 g/mol. The number of benzene rings is 1. The van der Waals surface area contributed by atoms with E-state index in [1.54, 1.807) is 24.3 Å². The van der Waals surface area contributed by atoms with Crippen LogP contribution in [0.25, 0.3) is 0 Å². The highest BCUT2D eigenvalue weighted by Gasteiger charge is 2.30. The van der Waals surface area contributed by atoms with Crippen LogP contribution in [0.4, 0.5) is 5.69 Å². The summed E-state index contributed by atoms with van der Waals surface area (Å²) < 4.78 is 31.1. The molecule has 0 saturated carbocycles. The van der Waals surface area contributed by atoms with E-state index < -0.39 is 16.1 Å². The number of rotatable bonds is 5. The fourth-order valence-corrected chi connectivity index (χ4v) is 3.62. The normalized spacial score (nSPS) is 19.3. The van der Waals surface area contributed by atoms with E-state index in [4.69, 9.17) is 4.74 Å².